The molecule has 0 saturated carbocycles. The van der Waals surface area contributed by atoms with Crippen LogP contribution < -0.4 is 10.6 Å². The largest absolute Gasteiger partial charge is 0.375 e. The fourth-order valence-corrected chi connectivity index (χ4v) is 2.23. The molecule has 0 unspecified atom stereocenters. The van der Waals surface area contributed by atoms with Gasteiger partial charge in [0.1, 0.15) is 6.04 Å². The molecule has 118 valence electrons. The number of halogens is 1. The topological polar surface area (TPSA) is 105 Å². The monoisotopic (exact) mass is 324 g/mol. The number of hydrogen-bond donors (Lipinski definition) is 3. The van der Waals surface area contributed by atoms with Crippen LogP contribution in [0.2, 0.25) is 0 Å². The minimum absolute atomic E-state index is 0. The molecule has 0 spiro atoms. The Morgan fingerprint density at radius 3 is 2.77 bits per heavy atom. The number of benzene rings is 1. The number of H-pyrrole nitrogens is 1. The normalized spacial score (nSPS) is 21.0. The number of tetrazole rings is 1. The summed E-state index contributed by atoms with van der Waals surface area (Å²) in [6, 6.07) is 6.93. The van der Waals surface area contributed by atoms with E-state index in [2.05, 4.69) is 31.3 Å². The van der Waals surface area contributed by atoms with Crippen LogP contribution in [0.3, 0.4) is 0 Å². The molecule has 2 heterocycles. The van der Waals surface area contributed by atoms with E-state index in [1.165, 1.54) is 0 Å². The summed E-state index contributed by atoms with van der Waals surface area (Å²) in [6.07, 6.45) is -0.141. The first-order chi connectivity index (χ1) is 10.2. The summed E-state index contributed by atoms with van der Waals surface area (Å²) in [7, 11) is 0. The number of morpholine rings is 1. The minimum Gasteiger partial charge on any atom is -0.375 e. The van der Waals surface area contributed by atoms with E-state index in [1.54, 1.807) is 12.1 Å². The number of anilines is 1. The third-order valence-corrected chi connectivity index (χ3v) is 3.35. The summed E-state index contributed by atoms with van der Waals surface area (Å²) in [4.78, 5) is 12.2. The van der Waals surface area contributed by atoms with Crippen LogP contribution in [0.15, 0.2) is 24.3 Å². The summed E-state index contributed by atoms with van der Waals surface area (Å²) in [5.41, 5.74) is 1.54. The lowest BCUT2D eigenvalue weighted by molar-refractivity contribution is -0.123. The maximum absolute atomic E-state index is 12.2. The molecule has 1 aliphatic heterocycles. The molecule has 1 aromatic carbocycles. The van der Waals surface area contributed by atoms with E-state index >= 15 is 0 Å². The van der Waals surface area contributed by atoms with Gasteiger partial charge in [0.25, 0.3) is 0 Å². The molecule has 1 fully saturated rings. The standard InChI is InChI=1S/C13H16N6O2.ClH/c1-8-11(14-6-7-21-8)13(20)15-10-4-2-9(3-5-10)12-16-18-19-17-12;/h2-5,8,11,14H,6-7H2,1H3,(H,15,20)(H,16,17,18,19);1H/t8-,11+;/m1./s1. The number of aromatic amines is 1. The van der Waals surface area contributed by atoms with Crippen molar-refractivity contribution in [3.05, 3.63) is 24.3 Å². The van der Waals surface area contributed by atoms with Gasteiger partial charge in [-0.15, -0.1) is 22.6 Å². The fraction of sp³-hybridized carbons (Fsp3) is 0.385. The van der Waals surface area contributed by atoms with Crippen LogP contribution in [0.25, 0.3) is 11.4 Å². The molecule has 1 aliphatic rings. The summed E-state index contributed by atoms with van der Waals surface area (Å²) in [5, 5.41) is 19.7. The van der Waals surface area contributed by atoms with E-state index in [4.69, 9.17) is 4.74 Å². The number of rotatable bonds is 3. The number of amides is 1. The van der Waals surface area contributed by atoms with Gasteiger partial charge in [0.05, 0.1) is 12.7 Å². The molecular formula is C13H17ClN6O2. The zero-order chi connectivity index (χ0) is 14.7. The second-order valence-electron chi connectivity index (χ2n) is 4.81. The first kappa shape index (κ1) is 16.3. The zero-order valence-electron chi connectivity index (χ0n) is 11.9. The highest BCUT2D eigenvalue weighted by atomic mass is 35.5. The Morgan fingerprint density at radius 1 is 1.36 bits per heavy atom. The molecule has 3 rings (SSSR count). The van der Waals surface area contributed by atoms with E-state index in [0.29, 0.717) is 24.7 Å². The van der Waals surface area contributed by atoms with Crippen molar-refractivity contribution in [3.8, 4) is 11.4 Å². The second kappa shape index (κ2) is 7.30. The average Bonchev–Trinajstić information content (AvgIpc) is 3.02. The lowest BCUT2D eigenvalue weighted by Crippen LogP contribution is -2.53. The molecule has 1 aromatic heterocycles. The summed E-state index contributed by atoms with van der Waals surface area (Å²) >= 11 is 0. The van der Waals surface area contributed by atoms with Crippen molar-refractivity contribution in [2.45, 2.75) is 19.1 Å². The lowest BCUT2D eigenvalue weighted by atomic mass is 10.1. The van der Waals surface area contributed by atoms with Crippen LogP contribution >= 0.6 is 12.4 Å². The molecule has 1 amide bonds. The summed E-state index contributed by atoms with van der Waals surface area (Å²) in [6.45, 7) is 3.19. The van der Waals surface area contributed by atoms with E-state index in [9.17, 15) is 4.79 Å². The van der Waals surface area contributed by atoms with Crippen LogP contribution in [0.4, 0.5) is 5.69 Å². The Kier molecular flexibility index (Phi) is 5.42. The molecule has 2 aromatic rings. The second-order valence-corrected chi connectivity index (χ2v) is 4.81. The molecule has 22 heavy (non-hydrogen) atoms. The van der Waals surface area contributed by atoms with E-state index in [-0.39, 0.29) is 30.5 Å². The average molecular weight is 325 g/mol. The molecule has 2 atom stereocenters. The van der Waals surface area contributed by atoms with Gasteiger partial charge < -0.3 is 15.4 Å². The predicted molar refractivity (Wildman–Crippen MR) is 82.7 cm³/mol. The Hall–Kier alpha value is -2.03. The minimum atomic E-state index is -0.337. The zero-order valence-corrected chi connectivity index (χ0v) is 12.8. The maximum atomic E-state index is 12.2. The van der Waals surface area contributed by atoms with E-state index in [0.717, 1.165) is 5.56 Å². The van der Waals surface area contributed by atoms with Crippen molar-refractivity contribution in [1.29, 1.82) is 0 Å². The number of nitrogens with one attached hydrogen (secondary N) is 3. The molecule has 8 nitrogen and oxygen atoms in total. The van der Waals surface area contributed by atoms with Gasteiger partial charge >= 0.3 is 0 Å². The smallest absolute Gasteiger partial charge is 0.244 e. The summed E-state index contributed by atoms with van der Waals surface area (Å²) < 4.78 is 5.47. The molecule has 0 radical (unpaired) electrons. The molecule has 1 saturated heterocycles. The predicted octanol–water partition coefficient (Wildman–Crippen LogP) is 0.604. The lowest BCUT2D eigenvalue weighted by Gasteiger charge is -2.29. The number of ether oxygens (including phenoxy) is 1. The van der Waals surface area contributed by atoms with Gasteiger partial charge in [-0.2, -0.15) is 5.21 Å². The molecule has 0 aliphatic carbocycles. The van der Waals surface area contributed by atoms with E-state index in [1.807, 2.05) is 19.1 Å². The Morgan fingerprint density at radius 2 is 2.14 bits per heavy atom. The van der Waals surface area contributed by atoms with Gasteiger partial charge in [-0.25, -0.2) is 0 Å². The molecule has 3 N–H and O–H groups in total. The number of nitrogens with zero attached hydrogens (tertiary/aromatic N) is 3. The highest BCUT2D eigenvalue weighted by molar-refractivity contribution is 5.95. The molecular weight excluding hydrogens is 308 g/mol. The van der Waals surface area contributed by atoms with Crippen molar-refractivity contribution < 1.29 is 9.53 Å². The van der Waals surface area contributed by atoms with Gasteiger partial charge in [0, 0.05) is 17.8 Å². The van der Waals surface area contributed by atoms with Gasteiger partial charge in [-0.3, -0.25) is 4.79 Å². The van der Waals surface area contributed by atoms with Crippen LogP contribution in [-0.2, 0) is 9.53 Å². The van der Waals surface area contributed by atoms with Crippen molar-refractivity contribution in [3.63, 3.8) is 0 Å². The van der Waals surface area contributed by atoms with Gasteiger partial charge in [-0.1, -0.05) is 0 Å². The van der Waals surface area contributed by atoms with Gasteiger partial charge in [0.2, 0.25) is 11.7 Å². The number of carbonyl (C=O) groups is 1. The fourth-order valence-electron chi connectivity index (χ4n) is 2.23. The quantitative estimate of drug-likeness (QED) is 0.764. The van der Waals surface area contributed by atoms with Crippen LogP contribution in [0, 0.1) is 0 Å². The Bertz CT molecular complexity index is 604. The van der Waals surface area contributed by atoms with Crippen molar-refractivity contribution >= 4 is 24.0 Å². The first-order valence-corrected chi connectivity index (χ1v) is 6.74. The SMILES string of the molecule is C[C@H]1OCCN[C@@H]1C(=O)Nc1ccc(-c2nn[nH]n2)cc1.Cl. The van der Waals surface area contributed by atoms with Crippen molar-refractivity contribution in [2.24, 2.45) is 0 Å². The van der Waals surface area contributed by atoms with Crippen LogP contribution in [0.5, 0.6) is 0 Å². The van der Waals surface area contributed by atoms with Gasteiger partial charge in [0.15, 0.2) is 0 Å². The highest BCUT2D eigenvalue weighted by Gasteiger charge is 2.28. The summed E-state index contributed by atoms with van der Waals surface area (Å²) in [5.74, 6) is 0.415. The van der Waals surface area contributed by atoms with E-state index < -0.39 is 0 Å². The van der Waals surface area contributed by atoms with Crippen molar-refractivity contribution in [2.75, 3.05) is 18.5 Å². The number of carbonyl (C=O) groups excluding carboxylic acids is 1. The van der Waals surface area contributed by atoms with Crippen LogP contribution in [-0.4, -0.2) is 51.8 Å². The first-order valence-electron chi connectivity index (χ1n) is 6.74. The van der Waals surface area contributed by atoms with Gasteiger partial charge in [-0.05, 0) is 36.4 Å². The third-order valence-electron chi connectivity index (χ3n) is 3.35. The number of aromatic nitrogens is 4. The third kappa shape index (κ3) is 3.59. The number of hydrogen-bond acceptors (Lipinski definition) is 6. The Balaban J connectivity index is 0.00000176. The Labute approximate surface area is 133 Å². The highest BCUT2D eigenvalue weighted by Crippen LogP contribution is 2.17. The van der Waals surface area contributed by atoms with Crippen LogP contribution in [0.1, 0.15) is 6.92 Å². The molecule has 9 heteroatoms. The molecule has 0 bridgehead atoms. The maximum Gasteiger partial charge on any atom is 0.244 e. The van der Waals surface area contributed by atoms with Crippen molar-refractivity contribution in [1.82, 2.24) is 25.9 Å².